The third-order valence-corrected chi connectivity index (χ3v) is 4.80. The largest absolute Gasteiger partial charge is 0.378 e. The van der Waals surface area contributed by atoms with Gasteiger partial charge < -0.3 is 20.3 Å². The molecule has 1 heterocycles. The highest BCUT2D eigenvalue weighted by Gasteiger charge is 2.18. The number of hydrogen-bond donors (Lipinski definition) is 1. The van der Waals surface area contributed by atoms with Crippen molar-refractivity contribution in [2.75, 3.05) is 51.4 Å². The van der Waals surface area contributed by atoms with Gasteiger partial charge in [-0.15, -0.1) is 24.2 Å². The van der Waals surface area contributed by atoms with Crippen LogP contribution in [0.4, 0.5) is 0 Å². The minimum absolute atomic E-state index is 0. The average molecular weight is 368 g/mol. The molecule has 136 valence electrons. The fourth-order valence-corrected chi connectivity index (χ4v) is 2.89. The Hall–Kier alpha value is -0.500. The van der Waals surface area contributed by atoms with E-state index in [0.717, 1.165) is 6.42 Å². The number of rotatable bonds is 8. The van der Waals surface area contributed by atoms with Crippen LogP contribution in [0.3, 0.4) is 0 Å². The third-order valence-electron chi connectivity index (χ3n) is 3.89. The molecule has 0 aromatic rings. The highest BCUT2D eigenvalue weighted by atomic mass is 35.5. The summed E-state index contributed by atoms with van der Waals surface area (Å²) in [6.45, 7) is 7.35. The summed E-state index contributed by atoms with van der Waals surface area (Å²) in [5, 5.41) is 0. The van der Waals surface area contributed by atoms with E-state index >= 15 is 0 Å². The molecule has 1 unspecified atom stereocenters. The molecule has 1 fully saturated rings. The van der Waals surface area contributed by atoms with E-state index in [4.69, 9.17) is 10.5 Å². The van der Waals surface area contributed by atoms with E-state index in [2.05, 4.69) is 13.8 Å². The number of hydrogen-bond acceptors (Lipinski definition) is 5. The lowest BCUT2D eigenvalue weighted by Crippen LogP contribution is -2.41. The number of carbonyl (C=O) groups is 2. The smallest absolute Gasteiger partial charge is 0.232 e. The predicted molar refractivity (Wildman–Crippen MR) is 97.0 cm³/mol. The molecule has 0 radical (unpaired) electrons. The van der Waals surface area contributed by atoms with Crippen LogP contribution >= 0.6 is 24.2 Å². The van der Waals surface area contributed by atoms with Crippen LogP contribution in [0, 0.1) is 5.92 Å². The van der Waals surface area contributed by atoms with Crippen LogP contribution in [0.15, 0.2) is 0 Å². The van der Waals surface area contributed by atoms with Crippen molar-refractivity contribution < 1.29 is 14.3 Å². The number of amides is 2. The van der Waals surface area contributed by atoms with Crippen LogP contribution in [0.25, 0.3) is 0 Å². The van der Waals surface area contributed by atoms with Gasteiger partial charge in [-0.1, -0.05) is 13.8 Å². The average Bonchev–Trinajstić information content (AvgIpc) is 2.52. The first-order chi connectivity index (χ1) is 10.4. The van der Waals surface area contributed by atoms with Crippen molar-refractivity contribution in [1.82, 2.24) is 9.80 Å². The zero-order valence-electron chi connectivity index (χ0n) is 14.3. The van der Waals surface area contributed by atoms with Gasteiger partial charge in [-0.2, -0.15) is 0 Å². The Morgan fingerprint density at radius 2 is 1.87 bits per heavy atom. The summed E-state index contributed by atoms with van der Waals surface area (Å²) >= 11 is 1.38. The Morgan fingerprint density at radius 1 is 1.26 bits per heavy atom. The summed E-state index contributed by atoms with van der Waals surface area (Å²) in [7, 11) is 1.79. The number of nitrogens with two attached hydrogens (primary N) is 1. The molecule has 2 N–H and O–H groups in total. The number of halogens is 1. The Balaban J connectivity index is 0.00000484. The first kappa shape index (κ1) is 22.5. The predicted octanol–water partition coefficient (Wildman–Crippen LogP) is 0.832. The Kier molecular flexibility index (Phi) is 11.7. The topological polar surface area (TPSA) is 75.9 Å². The molecule has 0 aliphatic carbocycles. The van der Waals surface area contributed by atoms with Crippen LogP contribution in [0.2, 0.25) is 0 Å². The van der Waals surface area contributed by atoms with Crippen molar-refractivity contribution in [2.45, 2.75) is 26.3 Å². The van der Waals surface area contributed by atoms with Gasteiger partial charge in [0.15, 0.2) is 0 Å². The van der Waals surface area contributed by atoms with E-state index in [9.17, 15) is 9.59 Å². The number of carbonyl (C=O) groups excluding carboxylic acids is 2. The fraction of sp³-hybridized carbons (Fsp3) is 0.867. The maximum atomic E-state index is 12.0. The lowest BCUT2D eigenvalue weighted by Gasteiger charge is -2.26. The molecule has 0 aromatic heterocycles. The van der Waals surface area contributed by atoms with Crippen molar-refractivity contribution in [3.05, 3.63) is 0 Å². The van der Waals surface area contributed by atoms with Crippen LogP contribution in [0.1, 0.15) is 20.3 Å². The van der Waals surface area contributed by atoms with E-state index in [1.807, 2.05) is 0 Å². The third kappa shape index (κ3) is 8.79. The minimum Gasteiger partial charge on any atom is -0.378 e. The molecular formula is C15H30ClN3O3S. The summed E-state index contributed by atoms with van der Waals surface area (Å²) in [4.78, 5) is 27.5. The summed E-state index contributed by atoms with van der Waals surface area (Å²) < 4.78 is 5.22. The summed E-state index contributed by atoms with van der Waals surface area (Å²) in [5.41, 5.74) is 5.98. The Labute approximate surface area is 149 Å². The SMILES string of the molecule is CC(C)C(N)CCN(C)C(=O)CSCC(=O)N1CCOCC1.Cl. The number of thioether (sulfide) groups is 1. The molecule has 1 aliphatic heterocycles. The number of ether oxygens (including phenoxy) is 1. The molecule has 0 saturated carbocycles. The van der Waals surface area contributed by atoms with Gasteiger partial charge in [0.2, 0.25) is 11.8 Å². The van der Waals surface area contributed by atoms with Crippen LogP contribution in [-0.4, -0.2) is 79.1 Å². The monoisotopic (exact) mass is 367 g/mol. The summed E-state index contributed by atoms with van der Waals surface area (Å²) in [6.07, 6.45) is 0.803. The minimum atomic E-state index is 0. The molecule has 0 bridgehead atoms. The van der Waals surface area contributed by atoms with Crippen molar-refractivity contribution >= 4 is 36.0 Å². The van der Waals surface area contributed by atoms with Gasteiger partial charge in [0.1, 0.15) is 0 Å². The van der Waals surface area contributed by atoms with Gasteiger partial charge in [0, 0.05) is 32.7 Å². The van der Waals surface area contributed by atoms with Gasteiger partial charge >= 0.3 is 0 Å². The standard InChI is InChI=1S/C15H29N3O3S.ClH/c1-12(2)13(16)4-5-17(3)14(19)10-22-11-15(20)18-6-8-21-9-7-18;/h12-13H,4-11,16H2,1-3H3;1H. The van der Waals surface area contributed by atoms with Gasteiger partial charge in [-0.25, -0.2) is 0 Å². The zero-order chi connectivity index (χ0) is 16.5. The fourth-order valence-electron chi connectivity index (χ4n) is 2.04. The van der Waals surface area contributed by atoms with E-state index in [1.54, 1.807) is 16.8 Å². The van der Waals surface area contributed by atoms with E-state index < -0.39 is 0 Å². The maximum absolute atomic E-state index is 12.0. The molecule has 1 atom stereocenters. The first-order valence-corrected chi connectivity index (χ1v) is 9.00. The molecule has 1 aliphatic rings. The summed E-state index contributed by atoms with van der Waals surface area (Å²) in [6, 6.07) is 0.116. The molecule has 23 heavy (non-hydrogen) atoms. The lowest BCUT2D eigenvalue weighted by molar-refractivity contribution is -0.132. The van der Waals surface area contributed by atoms with Crippen LogP contribution < -0.4 is 5.73 Å². The zero-order valence-corrected chi connectivity index (χ0v) is 16.0. The lowest BCUT2D eigenvalue weighted by atomic mass is 10.0. The van der Waals surface area contributed by atoms with E-state index in [-0.39, 0.29) is 30.3 Å². The van der Waals surface area contributed by atoms with E-state index in [1.165, 1.54) is 11.8 Å². The molecule has 0 aromatic carbocycles. The molecule has 8 heteroatoms. The first-order valence-electron chi connectivity index (χ1n) is 7.84. The molecule has 6 nitrogen and oxygen atoms in total. The van der Waals surface area contributed by atoms with E-state index in [0.29, 0.717) is 50.3 Å². The maximum Gasteiger partial charge on any atom is 0.232 e. The molecule has 1 rings (SSSR count). The number of nitrogens with zero attached hydrogens (tertiary/aromatic N) is 2. The van der Waals surface area contributed by atoms with Gasteiger partial charge in [-0.05, 0) is 12.3 Å². The Bertz CT molecular complexity index is 366. The summed E-state index contributed by atoms with van der Waals surface area (Å²) in [5.74, 6) is 1.25. The number of morpholine rings is 1. The van der Waals surface area contributed by atoms with Crippen molar-refractivity contribution in [3.8, 4) is 0 Å². The molecule has 0 spiro atoms. The van der Waals surface area contributed by atoms with Crippen LogP contribution in [0.5, 0.6) is 0 Å². The normalized spacial score (nSPS) is 16.0. The second-order valence-corrected chi connectivity index (χ2v) is 6.98. The van der Waals surface area contributed by atoms with Crippen LogP contribution in [-0.2, 0) is 14.3 Å². The van der Waals surface area contributed by atoms with Gasteiger partial charge in [0.05, 0.1) is 24.7 Å². The second kappa shape index (κ2) is 11.9. The quantitative estimate of drug-likeness (QED) is 0.687. The molecule has 2 amide bonds. The van der Waals surface area contributed by atoms with Crippen molar-refractivity contribution in [1.29, 1.82) is 0 Å². The van der Waals surface area contributed by atoms with Crippen molar-refractivity contribution in [3.63, 3.8) is 0 Å². The van der Waals surface area contributed by atoms with Gasteiger partial charge in [-0.3, -0.25) is 9.59 Å². The Morgan fingerprint density at radius 3 is 2.43 bits per heavy atom. The second-order valence-electron chi connectivity index (χ2n) is 6.00. The highest BCUT2D eigenvalue weighted by Crippen LogP contribution is 2.08. The molecule has 1 saturated heterocycles. The molecular weight excluding hydrogens is 338 g/mol. The van der Waals surface area contributed by atoms with Crippen molar-refractivity contribution in [2.24, 2.45) is 11.7 Å². The highest BCUT2D eigenvalue weighted by molar-refractivity contribution is 8.00. The van der Waals surface area contributed by atoms with Gasteiger partial charge in [0.25, 0.3) is 0 Å².